The lowest BCUT2D eigenvalue weighted by molar-refractivity contribution is -0.141. The Hall–Kier alpha value is -4.18. The van der Waals surface area contributed by atoms with Crippen molar-refractivity contribution in [2.24, 2.45) is 5.73 Å². The van der Waals surface area contributed by atoms with Crippen molar-refractivity contribution in [3.05, 3.63) is 71.9 Å². The number of hydrogen-bond donors (Lipinski definition) is 6. The van der Waals surface area contributed by atoms with Crippen LogP contribution in [0.2, 0.25) is 0 Å². The highest BCUT2D eigenvalue weighted by molar-refractivity contribution is 5.94. The molecule has 7 N–H and O–H groups in total. The Bertz CT molecular complexity index is 1230. The van der Waals surface area contributed by atoms with Crippen LogP contribution in [0.4, 0.5) is 0 Å². The average Bonchev–Trinajstić information content (AvgIpc) is 3.26. The second kappa shape index (κ2) is 12.0. The lowest BCUT2D eigenvalue weighted by Crippen LogP contribution is -2.56. The van der Waals surface area contributed by atoms with Crippen molar-refractivity contribution < 1.29 is 24.3 Å². The van der Waals surface area contributed by atoms with Gasteiger partial charge in [-0.05, 0) is 37.5 Å². The summed E-state index contributed by atoms with van der Waals surface area (Å²) in [6.07, 6.45) is 2.21. The third-order valence-corrected chi connectivity index (χ3v) is 5.85. The minimum absolute atomic E-state index is 0.152. The molecule has 3 rings (SSSR count). The summed E-state index contributed by atoms with van der Waals surface area (Å²) in [6.45, 7) is 2.76. The van der Waals surface area contributed by atoms with Crippen molar-refractivity contribution in [2.75, 3.05) is 0 Å². The number of aromatic amines is 1. The van der Waals surface area contributed by atoms with E-state index in [9.17, 15) is 19.2 Å². The van der Waals surface area contributed by atoms with Crippen LogP contribution in [0.1, 0.15) is 25.0 Å². The number of H-pyrrole nitrogens is 1. The van der Waals surface area contributed by atoms with Gasteiger partial charge in [0, 0.05) is 23.5 Å². The number of aliphatic carboxylic acids is 1. The van der Waals surface area contributed by atoms with E-state index < -0.39 is 47.9 Å². The van der Waals surface area contributed by atoms with Crippen molar-refractivity contribution in [1.82, 2.24) is 20.9 Å². The highest BCUT2D eigenvalue weighted by Crippen LogP contribution is 2.19. The summed E-state index contributed by atoms with van der Waals surface area (Å²) in [4.78, 5) is 52.6. The van der Waals surface area contributed by atoms with Gasteiger partial charge in [0.1, 0.15) is 18.1 Å². The lowest BCUT2D eigenvalue weighted by Gasteiger charge is -2.23. The van der Waals surface area contributed by atoms with Gasteiger partial charge in [-0.25, -0.2) is 0 Å². The van der Waals surface area contributed by atoms with Crippen LogP contribution in [0, 0.1) is 0 Å². The number of para-hydroxylation sites is 1. The molecule has 1 heterocycles. The van der Waals surface area contributed by atoms with Gasteiger partial charge in [-0.15, -0.1) is 0 Å². The van der Waals surface area contributed by atoms with Gasteiger partial charge in [-0.1, -0.05) is 48.5 Å². The Morgan fingerprint density at radius 3 is 2.17 bits per heavy atom. The largest absolute Gasteiger partial charge is 0.480 e. The van der Waals surface area contributed by atoms with Gasteiger partial charge in [0.05, 0.1) is 6.04 Å². The number of hydrogen-bond acceptors (Lipinski definition) is 5. The number of carboxylic acid groups (broad SMARTS) is 1. The normalized spacial score (nSPS) is 14.3. The molecule has 190 valence electrons. The van der Waals surface area contributed by atoms with E-state index in [4.69, 9.17) is 10.8 Å². The van der Waals surface area contributed by atoms with E-state index in [-0.39, 0.29) is 6.42 Å². The molecule has 0 aliphatic heterocycles. The summed E-state index contributed by atoms with van der Waals surface area (Å²) in [5, 5.41) is 17.5. The molecule has 4 atom stereocenters. The van der Waals surface area contributed by atoms with Gasteiger partial charge in [-0.3, -0.25) is 19.2 Å². The minimum atomic E-state index is -1.20. The van der Waals surface area contributed by atoms with Gasteiger partial charge in [-0.2, -0.15) is 0 Å². The zero-order chi connectivity index (χ0) is 26.2. The third kappa shape index (κ3) is 6.92. The van der Waals surface area contributed by atoms with Crippen LogP contribution in [0.15, 0.2) is 60.8 Å². The topological polar surface area (TPSA) is 166 Å². The molecular weight excluding hydrogens is 462 g/mol. The van der Waals surface area contributed by atoms with E-state index in [0.717, 1.165) is 22.0 Å². The summed E-state index contributed by atoms with van der Waals surface area (Å²) in [7, 11) is 0. The number of nitrogens with one attached hydrogen (secondary N) is 4. The molecule has 3 amide bonds. The first-order valence-corrected chi connectivity index (χ1v) is 11.6. The average molecular weight is 494 g/mol. The third-order valence-electron chi connectivity index (χ3n) is 5.85. The van der Waals surface area contributed by atoms with E-state index in [1.54, 1.807) is 6.20 Å². The molecule has 0 bridgehead atoms. The van der Waals surface area contributed by atoms with Crippen LogP contribution in [0.3, 0.4) is 0 Å². The second-order valence-corrected chi connectivity index (χ2v) is 8.72. The molecule has 0 radical (unpaired) electrons. The maximum Gasteiger partial charge on any atom is 0.325 e. The Morgan fingerprint density at radius 2 is 1.47 bits per heavy atom. The molecule has 10 heteroatoms. The summed E-state index contributed by atoms with van der Waals surface area (Å²) in [5.74, 6) is -2.95. The number of amides is 3. The zero-order valence-corrected chi connectivity index (χ0v) is 20.2. The Balaban J connectivity index is 1.75. The molecule has 36 heavy (non-hydrogen) atoms. The first-order valence-electron chi connectivity index (χ1n) is 11.6. The van der Waals surface area contributed by atoms with E-state index in [1.807, 2.05) is 54.6 Å². The first-order chi connectivity index (χ1) is 17.2. The Kier molecular flexibility index (Phi) is 8.80. The summed E-state index contributed by atoms with van der Waals surface area (Å²) in [6, 6.07) is 12.8. The molecule has 0 aliphatic carbocycles. The van der Waals surface area contributed by atoms with Crippen molar-refractivity contribution in [3.8, 4) is 0 Å². The monoisotopic (exact) mass is 493 g/mol. The maximum absolute atomic E-state index is 13.2. The highest BCUT2D eigenvalue weighted by Gasteiger charge is 2.28. The quantitative estimate of drug-likeness (QED) is 0.232. The van der Waals surface area contributed by atoms with Gasteiger partial charge in [0.25, 0.3) is 0 Å². The fourth-order valence-electron chi connectivity index (χ4n) is 3.75. The van der Waals surface area contributed by atoms with E-state index in [1.165, 1.54) is 13.8 Å². The van der Waals surface area contributed by atoms with Crippen molar-refractivity contribution in [2.45, 2.75) is 50.9 Å². The maximum atomic E-state index is 13.2. The van der Waals surface area contributed by atoms with Crippen molar-refractivity contribution in [1.29, 1.82) is 0 Å². The summed E-state index contributed by atoms with van der Waals surface area (Å²) in [5.41, 5.74) is 8.70. The van der Waals surface area contributed by atoms with Crippen LogP contribution in [-0.4, -0.2) is 57.9 Å². The number of aromatic nitrogens is 1. The second-order valence-electron chi connectivity index (χ2n) is 8.72. The standard InChI is InChI=1S/C26H31N5O5/c1-15(23(32)30-16(2)26(35)36)29-25(34)22(13-18-14-28-21-11-7-6-10-19(18)21)31-24(33)20(27)12-17-8-4-3-5-9-17/h3-11,14-16,20,22,28H,12-13,27H2,1-2H3,(H,29,34)(H,30,32)(H,31,33)(H,35,36). The van der Waals surface area contributed by atoms with Crippen LogP contribution in [-0.2, 0) is 32.0 Å². The van der Waals surface area contributed by atoms with Gasteiger partial charge < -0.3 is 31.8 Å². The summed E-state index contributed by atoms with van der Waals surface area (Å²) >= 11 is 0. The molecule has 1 aromatic heterocycles. The van der Waals surface area contributed by atoms with Crippen LogP contribution >= 0.6 is 0 Å². The molecule has 0 aliphatic rings. The van der Waals surface area contributed by atoms with Crippen LogP contribution < -0.4 is 21.7 Å². The van der Waals surface area contributed by atoms with E-state index >= 15 is 0 Å². The highest BCUT2D eigenvalue weighted by atomic mass is 16.4. The van der Waals surface area contributed by atoms with Gasteiger partial charge in [0.15, 0.2) is 0 Å². The molecule has 0 saturated heterocycles. The first kappa shape index (κ1) is 26.4. The molecule has 4 unspecified atom stereocenters. The van der Waals surface area contributed by atoms with Gasteiger partial charge >= 0.3 is 5.97 Å². The molecule has 10 nitrogen and oxygen atoms in total. The van der Waals surface area contributed by atoms with E-state index in [2.05, 4.69) is 20.9 Å². The Morgan fingerprint density at radius 1 is 0.833 bits per heavy atom. The van der Waals surface area contributed by atoms with Crippen molar-refractivity contribution in [3.63, 3.8) is 0 Å². The number of fused-ring (bicyclic) bond motifs is 1. The predicted molar refractivity (Wildman–Crippen MR) is 135 cm³/mol. The SMILES string of the molecule is CC(NC(=O)C(C)NC(=O)C(Cc1c[nH]c2ccccc12)NC(=O)C(N)Cc1ccccc1)C(=O)O. The molecular formula is C26H31N5O5. The number of nitrogens with two attached hydrogens (primary N) is 1. The number of carboxylic acids is 1. The van der Waals surface area contributed by atoms with Crippen molar-refractivity contribution >= 4 is 34.6 Å². The molecule has 3 aromatic rings. The molecule has 2 aromatic carbocycles. The predicted octanol–water partition coefficient (Wildman–Crippen LogP) is 0.859. The summed E-state index contributed by atoms with van der Waals surface area (Å²) < 4.78 is 0. The smallest absolute Gasteiger partial charge is 0.325 e. The van der Waals surface area contributed by atoms with E-state index in [0.29, 0.717) is 6.42 Å². The Labute approximate surface area is 208 Å². The lowest BCUT2D eigenvalue weighted by atomic mass is 10.0. The number of carbonyl (C=O) groups excluding carboxylic acids is 3. The van der Waals surface area contributed by atoms with Crippen LogP contribution in [0.5, 0.6) is 0 Å². The fourth-order valence-corrected chi connectivity index (χ4v) is 3.75. The number of rotatable bonds is 11. The zero-order valence-electron chi connectivity index (χ0n) is 20.2. The fraction of sp³-hybridized carbons (Fsp3) is 0.308. The van der Waals surface area contributed by atoms with Crippen LogP contribution in [0.25, 0.3) is 10.9 Å². The molecule has 0 spiro atoms. The molecule has 0 saturated carbocycles. The molecule has 0 fully saturated rings. The van der Waals surface area contributed by atoms with Gasteiger partial charge in [0.2, 0.25) is 17.7 Å². The number of carbonyl (C=O) groups is 4. The minimum Gasteiger partial charge on any atom is -0.480 e. The number of benzene rings is 2.